The molecular formula is C23H26N2O6. The molecule has 0 fully saturated rings. The van der Waals surface area contributed by atoms with E-state index in [0.29, 0.717) is 6.42 Å². The van der Waals surface area contributed by atoms with Crippen LogP contribution in [0.3, 0.4) is 0 Å². The molecule has 8 heteroatoms. The Morgan fingerprint density at radius 2 is 1.61 bits per heavy atom. The zero-order valence-electron chi connectivity index (χ0n) is 17.2. The third-order valence-corrected chi connectivity index (χ3v) is 5.37. The Labute approximate surface area is 180 Å². The summed E-state index contributed by atoms with van der Waals surface area (Å²) in [6.45, 7) is 1.59. The Bertz CT molecular complexity index is 915. The van der Waals surface area contributed by atoms with Crippen LogP contribution in [0.2, 0.25) is 0 Å². The molecule has 0 aromatic heterocycles. The maximum absolute atomic E-state index is 12.3. The second-order valence-electron chi connectivity index (χ2n) is 7.44. The van der Waals surface area contributed by atoms with Crippen molar-refractivity contribution in [2.45, 2.75) is 37.8 Å². The van der Waals surface area contributed by atoms with E-state index in [1.807, 2.05) is 43.3 Å². The third kappa shape index (κ3) is 5.40. The zero-order chi connectivity index (χ0) is 22.4. The van der Waals surface area contributed by atoms with Crippen LogP contribution in [0.25, 0.3) is 11.1 Å². The second kappa shape index (κ2) is 10.1. The molecule has 0 unspecified atom stereocenters. The monoisotopic (exact) mass is 426 g/mol. The van der Waals surface area contributed by atoms with E-state index >= 15 is 0 Å². The predicted molar refractivity (Wildman–Crippen MR) is 114 cm³/mol. The van der Waals surface area contributed by atoms with Crippen LogP contribution in [0, 0.1) is 0 Å². The molecule has 0 bridgehead atoms. The van der Waals surface area contributed by atoms with E-state index in [4.69, 9.17) is 9.84 Å². The predicted octanol–water partition coefficient (Wildman–Crippen LogP) is 2.26. The van der Waals surface area contributed by atoms with Crippen molar-refractivity contribution in [3.8, 4) is 11.1 Å². The Morgan fingerprint density at radius 3 is 2.16 bits per heavy atom. The minimum atomic E-state index is -1.67. The molecule has 8 nitrogen and oxygen atoms in total. The van der Waals surface area contributed by atoms with E-state index in [9.17, 15) is 19.5 Å². The van der Waals surface area contributed by atoms with E-state index in [1.54, 1.807) is 0 Å². The van der Waals surface area contributed by atoms with Crippen molar-refractivity contribution < 1.29 is 29.3 Å². The van der Waals surface area contributed by atoms with E-state index in [0.717, 1.165) is 22.3 Å². The first-order valence-corrected chi connectivity index (χ1v) is 10.2. The lowest BCUT2D eigenvalue weighted by Crippen LogP contribution is -2.42. The number of benzene rings is 2. The number of ether oxygens (including phenoxy) is 1. The Balaban J connectivity index is 1.53. The van der Waals surface area contributed by atoms with Gasteiger partial charge in [0, 0.05) is 18.4 Å². The second-order valence-corrected chi connectivity index (χ2v) is 7.44. The fourth-order valence-corrected chi connectivity index (χ4v) is 3.70. The highest BCUT2D eigenvalue weighted by molar-refractivity contribution is 5.80. The van der Waals surface area contributed by atoms with E-state index < -0.39 is 36.7 Å². The molecule has 4 N–H and O–H groups in total. The molecule has 31 heavy (non-hydrogen) atoms. The van der Waals surface area contributed by atoms with Crippen molar-refractivity contribution >= 4 is 18.0 Å². The molecule has 164 valence electrons. The molecule has 2 aromatic carbocycles. The number of aliphatic hydroxyl groups is 1. The van der Waals surface area contributed by atoms with Gasteiger partial charge in [-0.05, 0) is 28.7 Å². The highest BCUT2D eigenvalue weighted by Crippen LogP contribution is 2.44. The summed E-state index contributed by atoms with van der Waals surface area (Å²) < 4.78 is 5.48. The summed E-state index contributed by atoms with van der Waals surface area (Å²) >= 11 is 0. The Hall–Kier alpha value is -3.39. The van der Waals surface area contributed by atoms with E-state index in [2.05, 4.69) is 22.8 Å². The standard InChI is InChI=1S/C23H26N2O6/c1-2-14(11-21(27)24-12-20(26)22(28)29)25-23(30)31-13-19-17-9-5-3-7-15(17)16-8-4-6-10-18(16)19/h3-10,14,19-20,26H,2,11-13H2,1H3,(H,24,27)(H,25,30)(H,28,29)/t14-,20+/m1/s1. The number of fused-ring (bicyclic) bond motifs is 3. The number of aliphatic hydroxyl groups excluding tert-OH is 1. The number of carbonyl (C=O) groups is 3. The molecule has 0 heterocycles. The molecule has 0 radical (unpaired) electrons. The summed E-state index contributed by atoms with van der Waals surface area (Å²) in [5.74, 6) is -1.94. The third-order valence-electron chi connectivity index (χ3n) is 5.37. The highest BCUT2D eigenvalue weighted by Gasteiger charge is 2.29. The largest absolute Gasteiger partial charge is 0.479 e. The van der Waals surface area contributed by atoms with Gasteiger partial charge in [0.15, 0.2) is 6.10 Å². The number of rotatable bonds is 9. The number of hydrogen-bond acceptors (Lipinski definition) is 5. The van der Waals surface area contributed by atoms with Crippen molar-refractivity contribution in [1.82, 2.24) is 10.6 Å². The van der Waals surface area contributed by atoms with E-state index in [-0.39, 0.29) is 18.9 Å². The van der Waals surface area contributed by atoms with Crippen LogP contribution in [0.5, 0.6) is 0 Å². The lowest BCUT2D eigenvalue weighted by atomic mass is 9.98. The number of hydrogen-bond donors (Lipinski definition) is 4. The van der Waals surface area contributed by atoms with Gasteiger partial charge < -0.3 is 25.6 Å². The fraction of sp³-hybridized carbons (Fsp3) is 0.348. The molecule has 2 aromatic rings. The molecule has 1 aliphatic rings. The van der Waals surface area contributed by atoms with Gasteiger partial charge in [0.05, 0.1) is 6.54 Å². The van der Waals surface area contributed by atoms with Gasteiger partial charge >= 0.3 is 12.1 Å². The Morgan fingerprint density at radius 1 is 1.03 bits per heavy atom. The SMILES string of the molecule is CC[C@H](CC(=O)NC[C@H](O)C(=O)O)NC(=O)OCC1c2ccccc2-c2ccccc21. The van der Waals surface area contributed by atoms with Crippen molar-refractivity contribution in [2.75, 3.05) is 13.2 Å². The quantitative estimate of drug-likeness (QED) is 0.487. The summed E-state index contributed by atoms with van der Waals surface area (Å²) in [6, 6.07) is 15.6. The summed E-state index contributed by atoms with van der Waals surface area (Å²) in [5, 5.41) is 22.9. The van der Waals surface area contributed by atoms with Crippen LogP contribution >= 0.6 is 0 Å². The lowest BCUT2D eigenvalue weighted by Gasteiger charge is -2.19. The van der Waals surface area contributed by atoms with Crippen molar-refractivity contribution in [2.24, 2.45) is 0 Å². The molecule has 0 spiro atoms. The average molecular weight is 426 g/mol. The van der Waals surface area contributed by atoms with E-state index in [1.165, 1.54) is 0 Å². The van der Waals surface area contributed by atoms with Gasteiger partial charge in [-0.15, -0.1) is 0 Å². The summed E-state index contributed by atoms with van der Waals surface area (Å²) in [7, 11) is 0. The number of carbonyl (C=O) groups excluding carboxylic acids is 2. The Kier molecular flexibility index (Phi) is 7.25. The molecule has 2 atom stereocenters. The van der Waals surface area contributed by atoms with Gasteiger partial charge in [-0.2, -0.15) is 0 Å². The van der Waals surface area contributed by atoms with Crippen LogP contribution < -0.4 is 10.6 Å². The fourth-order valence-electron chi connectivity index (χ4n) is 3.70. The highest BCUT2D eigenvalue weighted by atomic mass is 16.5. The molecule has 0 aliphatic heterocycles. The van der Waals surface area contributed by atoms with Gasteiger partial charge in [0.1, 0.15) is 6.61 Å². The van der Waals surface area contributed by atoms with Gasteiger partial charge in [0.2, 0.25) is 5.91 Å². The van der Waals surface area contributed by atoms with Crippen LogP contribution in [0.15, 0.2) is 48.5 Å². The molecule has 2 amide bonds. The molecule has 0 saturated carbocycles. The van der Waals surface area contributed by atoms with Crippen molar-refractivity contribution in [1.29, 1.82) is 0 Å². The lowest BCUT2D eigenvalue weighted by molar-refractivity contribution is -0.146. The first-order chi connectivity index (χ1) is 14.9. The van der Waals surface area contributed by atoms with Gasteiger partial charge in [-0.25, -0.2) is 9.59 Å². The van der Waals surface area contributed by atoms with Crippen LogP contribution in [0.1, 0.15) is 36.8 Å². The smallest absolute Gasteiger partial charge is 0.407 e. The molecule has 3 rings (SSSR count). The average Bonchev–Trinajstić information content (AvgIpc) is 3.09. The first-order valence-electron chi connectivity index (χ1n) is 10.2. The van der Waals surface area contributed by atoms with Gasteiger partial charge in [-0.1, -0.05) is 55.5 Å². The maximum Gasteiger partial charge on any atom is 0.407 e. The molecular weight excluding hydrogens is 400 g/mol. The zero-order valence-corrected chi connectivity index (χ0v) is 17.2. The van der Waals surface area contributed by atoms with Crippen LogP contribution in [0.4, 0.5) is 4.79 Å². The normalized spacial score (nSPS) is 14.1. The van der Waals surface area contributed by atoms with Crippen molar-refractivity contribution in [3.63, 3.8) is 0 Å². The number of nitrogens with one attached hydrogen (secondary N) is 2. The van der Waals surface area contributed by atoms with Gasteiger partial charge in [0.25, 0.3) is 0 Å². The topological polar surface area (TPSA) is 125 Å². The number of alkyl carbamates (subject to hydrolysis) is 1. The summed E-state index contributed by atoms with van der Waals surface area (Å²) in [5.41, 5.74) is 4.50. The molecule has 1 aliphatic carbocycles. The van der Waals surface area contributed by atoms with Gasteiger partial charge in [-0.3, -0.25) is 4.79 Å². The number of carboxylic acid groups (broad SMARTS) is 1. The minimum absolute atomic E-state index is 0.0486. The summed E-state index contributed by atoms with van der Waals surface area (Å²) in [4.78, 5) is 34.9. The molecule has 0 saturated heterocycles. The van der Waals surface area contributed by atoms with Crippen LogP contribution in [-0.4, -0.2) is 53.5 Å². The summed E-state index contributed by atoms with van der Waals surface area (Å²) in [6.07, 6.45) is -1.85. The first kappa shape index (κ1) is 22.3. The van der Waals surface area contributed by atoms with Crippen molar-refractivity contribution in [3.05, 3.63) is 59.7 Å². The number of aliphatic carboxylic acids is 1. The number of carboxylic acids is 1. The minimum Gasteiger partial charge on any atom is -0.479 e. The van der Waals surface area contributed by atoms with Crippen LogP contribution in [-0.2, 0) is 14.3 Å². The number of amides is 2. The maximum atomic E-state index is 12.3.